The molecule has 0 aromatic heterocycles. The number of aliphatic hydroxyl groups is 1. The monoisotopic (exact) mass is 300 g/mol. The number of nitrogens with zero attached hydrogens (tertiary/aromatic N) is 1. The minimum Gasteiger partial charge on any atom is -0.435 e. The summed E-state index contributed by atoms with van der Waals surface area (Å²) in [7, 11) is -4.12. The summed E-state index contributed by atoms with van der Waals surface area (Å²) >= 11 is 0. The first kappa shape index (κ1) is 15.0. The Balaban J connectivity index is 2.60. The molecule has 2 unspecified atom stereocenters. The molecule has 1 aliphatic rings. The lowest BCUT2D eigenvalue weighted by Crippen LogP contribution is -2.58. The summed E-state index contributed by atoms with van der Waals surface area (Å²) < 4.78 is 24.3. The van der Waals surface area contributed by atoms with E-state index in [1.54, 1.807) is 12.1 Å². The van der Waals surface area contributed by atoms with Crippen LogP contribution in [-0.2, 0) is 10.0 Å². The number of amides is 1. The molecule has 1 aromatic carbocycles. The second-order valence-electron chi connectivity index (χ2n) is 5.29. The van der Waals surface area contributed by atoms with Crippen LogP contribution in [0.1, 0.15) is 18.9 Å². The molecule has 0 radical (unpaired) electrons. The Morgan fingerprint density at radius 3 is 2.25 bits per heavy atom. The molecule has 0 spiro atoms. The summed E-state index contributed by atoms with van der Waals surface area (Å²) in [6.45, 7) is 3.03. The second-order valence-corrected chi connectivity index (χ2v) is 7.36. The van der Waals surface area contributed by atoms with Gasteiger partial charge in [-0.25, -0.2) is 0 Å². The molecular formula is C13H18NO5S+. The number of benzene rings is 1. The lowest BCUT2D eigenvalue weighted by molar-refractivity contribution is -0.743. The van der Waals surface area contributed by atoms with Crippen molar-refractivity contribution in [2.45, 2.75) is 37.3 Å². The normalized spacial score (nSPS) is 30.4. The third-order valence-electron chi connectivity index (χ3n) is 3.88. The van der Waals surface area contributed by atoms with Crippen LogP contribution in [0.4, 0.5) is 4.79 Å². The Kier molecular flexibility index (Phi) is 3.62. The van der Waals surface area contributed by atoms with Gasteiger partial charge in [0, 0.05) is 6.42 Å². The highest BCUT2D eigenvalue weighted by atomic mass is 32.2. The molecule has 3 atom stereocenters. The number of aryl methyl sites for hydroxylation is 1. The van der Waals surface area contributed by atoms with Gasteiger partial charge in [0.25, 0.3) is 0 Å². The number of hydrogen-bond acceptors (Lipinski definition) is 4. The third-order valence-corrected chi connectivity index (χ3v) is 6.27. The van der Waals surface area contributed by atoms with Crippen molar-refractivity contribution in [3.8, 4) is 0 Å². The second kappa shape index (κ2) is 4.83. The van der Waals surface area contributed by atoms with E-state index >= 15 is 0 Å². The van der Waals surface area contributed by atoms with E-state index in [9.17, 15) is 23.4 Å². The molecule has 2 rings (SSSR count). The van der Waals surface area contributed by atoms with Crippen LogP contribution in [0.25, 0.3) is 0 Å². The van der Waals surface area contributed by atoms with Crippen LogP contribution in [-0.4, -0.2) is 47.3 Å². The first-order valence-corrected chi connectivity index (χ1v) is 7.77. The van der Waals surface area contributed by atoms with Crippen molar-refractivity contribution >= 4 is 16.1 Å². The van der Waals surface area contributed by atoms with Gasteiger partial charge in [-0.3, -0.25) is 0 Å². The lowest BCUT2D eigenvalue weighted by atomic mass is 10.2. The topological polar surface area (TPSA) is 91.7 Å². The zero-order valence-electron chi connectivity index (χ0n) is 11.4. The summed E-state index contributed by atoms with van der Waals surface area (Å²) in [5.41, 5.74) is 0.889. The van der Waals surface area contributed by atoms with E-state index in [1.807, 2.05) is 6.92 Å². The van der Waals surface area contributed by atoms with Gasteiger partial charge in [0.05, 0.1) is 0 Å². The van der Waals surface area contributed by atoms with E-state index in [0.717, 1.165) is 5.56 Å². The molecular weight excluding hydrogens is 282 g/mol. The summed E-state index contributed by atoms with van der Waals surface area (Å²) in [5, 5.41) is 19.2. The number of rotatable bonds is 2. The lowest BCUT2D eigenvalue weighted by Gasteiger charge is -2.30. The maximum Gasteiger partial charge on any atom is 0.529 e. The van der Waals surface area contributed by atoms with Gasteiger partial charge in [0.1, 0.15) is 23.6 Å². The molecule has 7 heteroatoms. The summed E-state index contributed by atoms with van der Waals surface area (Å²) in [6.07, 6.45) is -2.23. The van der Waals surface area contributed by atoms with Gasteiger partial charge < -0.3 is 10.2 Å². The van der Waals surface area contributed by atoms with Crippen LogP contribution in [0.3, 0.4) is 0 Å². The van der Waals surface area contributed by atoms with Gasteiger partial charge in [-0.2, -0.15) is 13.2 Å². The molecule has 1 fully saturated rings. The van der Waals surface area contributed by atoms with Gasteiger partial charge in [-0.05, 0) is 26.0 Å². The predicted octanol–water partition coefficient (Wildman–Crippen LogP) is 1.33. The molecule has 1 amide bonds. The Hall–Kier alpha value is -1.44. The number of carboxylic acid groups (broad SMARTS) is 1. The maximum absolute atomic E-state index is 12.7. The van der Waals surface area contributed by atoms with E-state index in [1.165, 1.54) is 19.1 Å². The fourth-order valence-electron chi connectivity index (χ4n) is 2.73. The fourth-order valence-corrected chi connectivity index (χ4v) is 4.72. The highest BCUT2D eigenvalue weighted by Crippen LogP contribution is 2.35. The zero-order chi connectivity index (χ0) is 15.1. The van der Waals surface area contributed by atoms with Crippen molar-refractivity contribution in [2.24, 2.45) is 0 Å². The van der Waals surface area contributed by atoms with Crippen LogP contribution < -0.4 is 0 Å². The molecule has 20 heavy (non-hydrogen) atoms. The van der Waals surface area contributed by atoms with E-state index in [2.05, 4.69) is 0 Å². The Labute approximate surface area is 117 Å². The van der Waals surface area contributed by atoms with Crippen molar-refractivity contribution < 1.29 is 27.3 Å². The van der Waals surface area contributed by atoms with Crippen molar-refractivity contribution in [2.75, 3.05) is 6.54 Å². The average molecular weight is 300 g/mol. The quantitative estimate of drug-likeness (QED) is 0.804. The van der Waals surface area contributed by atoms with Gasteiger partial charge in [-0.15, -0.1) is 3.89 Å². The first-order valence-electron chi connectivity index (χ1n) is 6.33. The van der Waals surface area contributed by atoms with Crippen LogP contribution in [0.5, 0.6) is 0 Å². The minimum absolute atomic E-state index is 0.0357. The van der Waals surface area contributed by atoms with E-state index in [-0.39, 0.29) is 17.9 Å². The van der Waals surface area contributed by atoms with Gasteiger partial charge in [0.2, 0.25) is 0 Å². The number of hydrogen-bond donors (Lipinski definition) is 2. The van der Waals surface area contributed by atoms with E-state index in [4.69, 9.17) is 0 Å². The Bertz CT molecular complexity index is 625. The van der Waals surface area contributed by atoms with Crippen LogP contribution in [0, 0.1) is 6.92 Å². The molecule has 0 bridgehead atoms. The molecule has 1 aliphatic heterocycles. The Morgan fingerprint density at radius 1 is 1.30 bits per heavy atom. The predicted molar refractivity (Wildman–Crippen MR) is 71.6 cm³/mol. The highest BCUT2D eigenvalue weighted by molar-refractivity contribution is 7.86. The fraction of sp³-hybridized carbons (Fsp3) is 0.462. The van der Waals surface area contributed by atoms with E-state index in [0.29, 0.717) is 0 Å². The van der Waals surface area contributed by atoms with Gasteiger partial charge in [0.15, 0.2) is 0 Å². The summed E-state index contributed by atoms with van der Waals surface area (Å²) in [6, 6.07) is 5.37. The molecule has 1 heterocycles. The number of likely N-dealkylation sites (tertiary alicyclic amines) is 1. The maximum atomic E-state index is 12.7. The smallest absolute Gasteiger partial charge is 0.435 e. The highest BCUT2D eigenvalue weighted by Gasteiger charge is 2.60. The molecule has 110 valence electrons. The van der Waals surface area contributed by atoms with Crippen molar-refractivity contribution in [3.63, 3.8) is 0 Å². The number of carbonyl (C=O) groups is 1. The molecule has 1 aromatic rings. The first-order chi connectivity index (χ1) is 9.21. The number of quaternary nitrogens is 1. The molecule has 6 nitrogen and oxygen atoms in total. The van der Waals surface area contributed by atoms with E-state index < -0.39 is 32.2 Å². The van der Waals surface area contributed by atoms with Crippen molar-refractivity contribution in [1.82, 2.24) is 0 Å². The molecule has 0 saturated carbocycles. The zero-order valence-corrected chi connectivity index (χ0v) is 12.2. The van der Waals surface area contributed by atoms with Crippen molar-refractivity contribution in [1.29, 1.82) is 0 Å². The minimum atomic E-state index is -4.12. The van der Waals surface area contributed by atoms with Gasteiger partial charge in [-0.1, -0.05) is 17.7 Å². The molecule has 1 saturated heterocycles. The Morgan fingerprint density at radius 2 is 1.85 bits per heavy atom. The third kappa shape index (κ3) is 2.02. The largest absolute Gasteiger partial charge is 0.529 e. The molecule has 2 N–H and O–H groups in total. The van der Waals surface area contributed by atoms with Crippen LogP contribution in [0.15, 0.2) is 29.2 Å². The number of aliphatic hydroxyl groups excluding tert-OH is 1. The summed E-state index contributed by atoms with van der Waals surface area (Å²) in [5.74, 6) is 0. The molecule has 0 aliphatic carbocycles. The van der Waals surface area contributed by atoms with Crippen LogP contribution in [0.2, 0.25) is 0 Å². The van der Waals surface area contributed by atoms with Crippen molar-refractivity contribution in [3.05, 3.63) is 29.8 Å². The average Bonchev–Trinajstić information content (AvgIpc) is 2.66. The van der Waals surface area contributed by atoms with Gasteiger partial charge >= 0.3 is 16.1 Å². The summed E-state index contributed by atoms with van der Waals surface area (Å²) in [4.78, 5) is 11.6. The van der Waals surface area contributed by atoms with Crippen LogP contribution >= 0.6 is 0 Å². The number of sulfonamides is 1. The SMILES string of the molecule is Cc1ccc(S(=O)(=O)[N@+]2(C(=O)O)CC(O)CC2C)cc1. The standard InChI is InChI=1S/C13H17NO5S/c1-9-3-5-12(6-4-9)20(18,19)14(13(16)17)8-11(15)7-10(14)2/h3-6,10-11,15H,7-8H2,1-2H3/p+1/t10?,11?,14-/m1/s1.